The molecular weight excluding hydrogens is 382 g/mol. The molecule has 3 rings (SSSR count). The van der Waals surface area contributed by atoms with E-state index in [9.17, 15) is 15.0 Å². The highest BCUT2D eigenvalue weighted by atomic mass is 35.5. The van der Waals surface area contributed by atoms with E-state index in [4.69, 9.17) is 23.1 Å². The zero-order valence-corrected chi connectivity index (χ0v) is 15.3. The predicted molar refractivity (Wildman–Crippen MR) is 107 cm³/mol. The van der Waals surface area contributed by atoms with Gasteiger partial charge in [-0.25, -0.2) is 4.98 Å². The standard InChI is InChI=1S/C19H18ClN5O3/c20-14-9-23-16(25-19(21)22)13-8-11(6-7-12(13)14)17(26)24-15(18(27)28)10-4-2-1-3-5-10/h1-9,15,18,27-28H,(H,24,26)(H4,21,22,23,25). The fourth-order valence-corrected chi connectivity index (χ4v) is 2.98. The minimum Gasteiger partial charge on any atom is -0.370 e. The molecule has 0 fully saturated rings. The molecule has 9 heteroatoms. The average molecular weight is 400 g/mol. The summed E-state index contributed by atoms with van der Waals surface area (Å²) in [7, 11) is 0. The molecule has 1 unspecified atom stereocenters. The van der Waals surface area contributed by atoms with Gasteiger partial charge in [-0.3, -0.25) is 4.79 Å². The van der Waals surface area contributed by atoms with Crippen LogP contribution in [-0.2, 0) is 0 Å². The van der Waals surface area contributed by atoms with Gasteiger partial charge in [0.15, 0.2) is 18.1 Å². The largest absolute Gasteiger partial charge is 0.370 e. The summed E-state index contributed by atoms with van der Waals surface area (Å²) in [6.07, 6.45) is -0.362. The van der Waals surface area contributed by atoms with Crippen LogP contribution >= 0.6 is 11.6 Å². The van der Waals surface area contributed by atoms with Crippen molar-refractivity contribution in [3.63, 3.8) is 0 Å². The van der Waals surface area contributed by atoms with Gasteiger partial charge in [-0.15, -0.1) is 0 Å². The molecule has 28 heavy (non-hydrogen) atoms. The maximum Gasteiger partial charge on any atom is 0.251 e. The summed E-state index contributed by atoms with van der Waals surface area (Å²) >= 11 is 6.16. The van der Waals surface area contributed by atoms with Crippen LogP contribution in [-0.4, -0.2) is 33.4 Å². The number of halogens is 1. The molecule has 0 radical (unpaired) electrons. The van der Waals surface area contributed by atoms with Crippen molar-refractivity contribution in [2.45, 2.75) is 12.3 Å². The fraction of sp³-hybridized carbons (Fsp3) is 0.105. The maximum absolute atomic E-state index is 12.7. The van der Waals surface area contributed by atoms with E-state index in [1.54, 1.807) is 42.5 Å². The number of aromatic nitrogens is 1. The lowest BCUT2D eigenvalue weighted by Crippen LogP contribution is -2.36. The van der Waals surface area contributed by atoms with Gasteiger partial charge in [0.25, 0.3) is 5.91 Å². The second-order valence-electron chi connectivity index (χ2n) is 6.00. The number of nitrogens with one attached hydrogen (secondary N) is 1. The summed E-state index contributed by atoms with van der Waals surface area (Å²) in [4.78, 5) is 20.8. The molecule has 2 aromatic carbocycles. The first-order chi connectivity index (χ1) is 13.4. The number of amides is 1. The lowest BCUT2D eigenvalue weighted by Gasteiger charge is -2.21. The number of aliphatic hydroxyl groups is 2. The number of fused-ring (bicyclic) bond motifs is 1. The molecule has 0 aliphatic heterocycles. The number of pyridine rings is 1. The number of aliphatic hydroxyl groups excluding tert-OH is 1. The Kier molecular flexibility index (Phi) is 5.74. The number of hydrogen-bond donors (Lipinski definition) is 5. The van der Waals surface area contributed by atoms with Crippen LogP contribution in [0.15, 0.2) is 59.7 Å². The van der Waals surface area contributed by atoms with E-state index in [1.807, 2.05) is 0 Å². The highest BCUT2D eigenvalue weighted by Gasteiger charge is 2.22. The smallest absolute Gasteiger partial charge is 0.251 e. The number of carbonyl (C=O) groups excluding carboxylic acids is 1. The quantitative estimate of drug-likeness (QED) is 0.250. The highest BCUT2D eigenvalue weighted by molar-refractivity contribution is 6.35. The van der Waals surface area contributed by atoms with Crippen molar-refractivity contribution < 1.29 is 15.0 Å². The van der Waals surface area contributed by atoms with Gasteiger partial charge in [0.1, 0.15) is 6.04 Å². The van der Waals surface area contributed by atoms with Gasteiger partial charge in [-0.2, -0.15) is 4.99 Å². The van der Waals surface area contributed by atoms with Gasteiger partial charge in [-0.05, 0) is 17.7 Å². The number of aliphatic imine (C=N–C) groups is 1. The Morgan fingerprint density at radius 1 is 1.11 bits per heavy atom. The Labute approximate surface area is 165 Å². The molecule has 1 heterocycles. The number of carbonyl (C=O) groups is 1. The first kappa shape index (κ1) is 19.6. The number of guanidine groups is 1. The van der Waals surface area contributed by atoms with Gasteiger partial charge >= 0.3 is 0 Å². The number of benzene rings is 2. The van der Waals surface area contributed by atoms with Gasteiger partial charge in [-0.1, -0.05) is 48.0 Å². The maximum atomic E-state index is 12.7. The van der Waals surface area contributed by atoms with Crippen molar-refractivity contribution in [1.82, 2.24) is 10.3 Å². The molecule has 1 amide bonds. The summed E-state index contributed by atoms with van der Waals surface area (Å²) in [5.41, 5.74) is 11.7. The summed E-state index contributed by atoms with van der Waals surface area (Å²) in [5, 5.41) is 23.5. The predicted octanol–water partition coefficient (Wildman–Crippen LogP) is 1.57. The van der Waals surface area contributed by atoms with Gasteiger partial charge < -0.3 is 27.0 Å². The Morgan fingerprint density at radius 3 is 2.46 bits per heavy atom. The van der Waals surface area contributed by atoms with Gasteiger partial charge in [0, 0.05) is 22.5 Å². The van der Waals surface area contributed by atoms with E-state index in [0.717, 1.165) is 0 Å². The number of hydrogen-bond acceptors (Lipinski definition) is 5. The van der Waals surface area contributed by atoms with Crippen molar-refractivity contribution in [2.75, 3.05) is 0 Å². The Bertz CT molecular complexity index is 1040. The lowest BCUT2D eigenvalue weighted by molar-refractivity contribution is -0.0661. The molecule has 3 aromatic rings. The molecule has 0 aliphatic carbocycles. The third-order valence-corrected chi connectivity index (χ3v) is 4.36. The van der Waals surface area contributed by atoms with Crippen molar-refractivity contribution >= 4 is 40.1 Å². The van der Waals surface area contributed by atoms with Crippen LogP contribution in [0.4, 0.5) is 5.82 Å². The van der Waals surface area contributed by atoms with E-state index in [0.29, 0.717) is 21.4 Å². The van der Waals surface area contributed by atoms with Gasteiger partial charge in [0.2, 0.25) is 0 Å². The van der Waals surface area contributed by atoms with Crippen LogP contribution < -0.4 is 16.8 Å². The summed E-state index contributed by atoms with van der Waals surface area (Å²) in [6, 6.07) is 12.4. The molecule has 0 spiro atoms. The van der Waals surface area contributed by atoms with E-state index < -0.39 is 18.2 Å². The molecule has 0 aliphatic rings. The zero-order chi connectivity index (χ0) is 20.3. The van der Waals surface area contributed by atoms with Crippen LogP contribution in [0.5, 0.6) is 0 Å². The van der Waals surface area contributed by atoms with Crippen molar-refractivity contribution in [2.24, 2.45) is 16.5 Å². The summed E-state index contributed by atoms with van der Waals surface area (Å²) in [5.74, 6) is -0.478. The topological polar surface area (TPSA) is 147 Å². The minimum atomic E-state index is -1.78. The molecule has 0 bridgehead atoms. The molecule has 1 atom stereocenters. The van der Waals surface area contributed by atoms with Gasteiger partial charge in [0.05, 0.1) is 5.02 Å². The molecule has 1 aromatic heterocycles. The zero-order valence-electron chi connectivity index (χ0n) is 14.6. The number of nitrogens with zero attached hydrogens (tertiary/aromatic N) is 2. The fourth-order valence-electron chi connectivity index (χ4n) is 2.76. The second kappa shape index (κ2) is 8.22. The van der Waals surface area contributed by atoms with E-state index in [2.05, 4.69) is 15.3 Å². The average Bonchev–Trinajstić information content (AvgIpc) is 2.68. The number of nitrogens with two attached hydrogens (primary N) is 2. The normalized spacial score (nSPS) is 12.0. The SMILES string of the molecule is NC(N)=Nc1ncc(Cl)c2ccc(C(=O)NC(c3ccccc3)C(O)O)cc12. The molecule has 144 valence electrons. The first-order valence-electron chi connectivity index (χ1n) is 8.26. The third kappa shape index (κ3) is 4.20. The lowest BCUT2D eigenvalue weighted by atomic mass is 10.0. The Hall–Kier alpha value is -3.20. The Balaban J connectivity index is 1.98. The van der Waals surface area contributed by atoms with Crippen LogP contribution in [0.2, 0.25) is 5.02 Å². The second-order valence-corrected chi connectivity index (χ2v) is 6.41. The summed E-state index contributed by atoms with van der Waals surface area (Å²) < 4.78 is 0. The molecule has 8 nitrogen and oxygen atoms in total. The van der Waals surface area contributed by atoms with E-state index >= 15 is 0 Å². The Morgan fingerprint density at radius 2 is 1.82 bits per heavy atom. The van der Waals surface area contributed by atoms with E-state index in [-0.39, 0.29) is 17.3 Å². The van der Waals surface area contributed by atoms with Crippen LogP contribution in [0.1, 0.15) is 22.0 Å². The molecule has 0 saturated heterocycles. The molecular formula is C19H18ClN5O3. The van der Waals surface area contributed by atoms with Crippen LogP contribution in [0.25, 0.3) is 10.8 Å². The van der Waals surface area contributed by atoms with E-state index in [1.165, 1.54) is 12.3 Å². The summed E-state index contributed by atoms with van der Waals surface area (Å²) in [6.45, 7) is 0. The van der Waals surface area contributed by atoms with Crippen molar-refractivity contribution in [3.8, 4) is 0 Å². The minimum absolute atomic E-state index is 0.182. The van der Waals surface area contributed by atoms with Crippen LogP contribution in [0, 0.1) is 0 Å². The van der Waals surface area contributed by atoms with Crippen molar-refractivity contribution in [3.05, 3.63) is 70.9 Å². The highest BCUT2D eigenvalue weighted by Crippen LogP contribution is 2.30. The molecule has 0 saturated carbocycles. The van der Waals surface area contributed by atoms with Crippen molar-refractivity contribution in [1.29, 1.82) is 0 Å². The first-order valence-corrected chi connectivity index (χ1v) is 8.64. The monoisotopic (exact) mass is 399 g/mol. The molecule has 7 N–H and O–H groups in total. The third-order valence-electron chi connectivity index (χ3n) is 4.06. The van der Waals surface area contributed by atoms with Crippen LogP contribution in [0.3, 0.4) is 0 Å². The number of rotatable bonds is 5.